The average Bonchev–Trinajstić information content (AvgIpc) is 2.44. The summed E-state index contributed by atoms with van der Waals surface area (Å²) in [5, 5.41) is 11.9. The standard InChI is InChI=1S/C13H15Br2N3O2/c14-9-5-8(6-10(15)7-9)13(19)18-4-2-1-3-11(18)12(16)17-20/h5-7,11,20H,1-4H2,(H2,16,17). The zero-order valence-electron chi connectivity index (χ0n) is 10.7. The zero-order valence-corrected chi connectivity index (χ0v) is 13.9. The van der Waals surface area contributed by atoms with E-state index in [0.29, 0.717) is 12.1 Å². The summed E-state index contributed by atoms with van der Waals surface area (Å²) in [4.78, 5) is 14.3. The average molecular weight is 405 g/mol. The van der Waals surface area contributed by atoms with Crippen LogP contribution in [0.2, 0.25) is 0 Å². The van der Waals surface area contributed by atoms with Gasteiger partial charge in [-0.25, -0.2) is 0 Å². The van der Waals surface area contributed by atoms with E-state index >= 15 is 0 Å². The smallest absolute Gasteiger partial charge is 0.254 e. The molecule has 1 aliphatic heterocycles. The Morgan fingerprint density at radius 3 is 2.55 bits per heavy atom. The number of piperidine rings is 1. The fourth-order valence-corrected chi connectivity index (χ4v) is 3.69. The van der Waals surface area contributed by atoms with Gasteiger partial charge in [0.25, 0.3) is 5.91 Å². The Hall–Kier alpha value is -1.08. The van der Waals surface area contributed by atoms with Gasteiger partial charge in [-0.1, -0.05) is 37.0 Å². The molecule has 1 amide bonds. The lowest BCUT2D eigenvalue weighted by Gasteiger charge is -2.34. The van der Waals surface area contributed by atoms with Crippen LogP contribution < -0.4 is 5.73 Å². The summed E-state index contributed by atoms with van der Waals surface area (Å²) in [5.41, 5.74) is 6.27. The third kappa shape index (κ3) is 3.32. The number of carbonyl (C=O) groups is 1. The molecule has 1 aromatic carbocycles. The molecule has 2 rings (SSSR count). The topological polar surface area (TPSA) is 78.9 Å². The summed E-state index contributed by atoms with van der Waals surface area (Å²) in [6.07, 6.45) is 2.61. The molecule has 7 heteroatoms. The van der Waals surface area contributed by atoms with Crippen LogP contribution in [0, 0.1) is 0 Å². The van der Waals surface area contributed by atoms with Crippen molar-refractivity contribution in [2.24, 2.45) is 10.9 Å². The predicted molar refractivity (Wildman–Crippen MR) is 83.9 cm³/mol. The number of halogens is 2. The van der Waals surface area contributed by atoms with Crippen molar-refractivity contribution in [2.75, 3.05) is 6.54 Å². The molecule has 0 aliphatic carbocycles. The largest absolute Gasteiger partial charge is 0.409 e. The Bertz CT molecular complexity index is 528. The summed E-state index contributed by atoms with van der Waals surface area (Å²) >= 11 is 6.75. The Labute approximate surface area is 134 Å². The van der Waals surface area contributed by atoms with Crippen LogP contribution in [-0.2, 0) is 0 Å². The summed E-state index contributed by atoms with van der Waals surface area (Å²) in [6.45, 7) is 0.615. The number of nitrogens with zero attached hydrogens (tertiary/aromatic N) is 2. The van der Waals surface area contributed by atoms with E-state index in [2.05, 4.69) is 37.0 Å². The van der Waals surface area contributed by atoms with Crippen molar-refractivity contribution < 1.29 is 10.0 Å². The molecule has 5 nitrogen and oxygen atoms in total. The van der Waals surface area contributed by atoms with Crippen LogP contribution in [-0.4, -0.2) is 34.4 Å². The van der Waals surface area contributed by atoms with Crippen LogP contribution in [0.4, 0.5) is 0 Å². The first kappa shape index (κ1) is 15.3. The number of nitrogens with two attached hydrogens (primary N) is 1. The molecule has 1 saturated heterocycles. The molecule has 1 atom stereocenters. The highest BCUT2D eigenvalue weighted by Crippen LogP contribution is 2.24. The van der Waals surface area contributed by atoms with Crippen LogP contribution in [0.25, 0.3) is 0 Å². The summed E-state index contributed by atoms with van der Waals surface area (Å²) < 4.78 is 1.65. The van der Waals surface area contributed by atoms with Gasteiger partial charge in [-0.2, -0.15) is 0 Å². The second-order valence-corrected chi connectivity index (χ2v) is 6.52. The number of amides is 1. The third-order valence-electron chi connectivity index (χ3n) is 3.33. The molecule has 0 bridgehead atoms. The molecule has 0 aromatic heterocycles. The van der Waals surface area contributed by atoms with Crippen molar-refractivity contribution in [1.29, 1.82) is 0 Å². The van der Waals surface area contributed by atoms with Gasteiger partial charge in [0.2, 0.25) is 0 Å². The zero-order chi connectivity index (χ0) is 14.7. The van der Waals surface area contributed by atoms with Crippen LogP contribution in [0.3, 0.4) is 0 Å². The molecule has 1 fully saturated rings. The first-order valence-corrected chi connectivity index (χ1v) is 7.86. The van der Waals surface area contributed by atoms with Crippen LogP contribution in [0.1, 0.15) is 29.6 Å². The van der Waals surface area contributed by atoms with E-state index in [1.165, 1.54) is 0 Å². The van der Waals surface area contributed by atoms with E-state index in [4.69, 9.17) is 10.9 Å². The lowest BCUT2D eigenvalue weighted by Crippen LogP contribution is -2.50. The normalized spacial score (nSPS) is 20.0. The number of benzene rings is 1. The first-order chi connectivity index (χ1) is 9.52. The van der Waals surface area contributed by atoms with Crippen LogP contribution in [0.5, 0.6) is 0 Å². The molecule has 1 heterocycles. The molecule has 1 aliphatic rings. The fourth-order valence-electron chi connectivity index (χ4n) is 2.39. The second-order valence-electron chi connectivity index (χ2n) is 4.69. The van der Waals surface area contributed by atoms with Crippen LogP contribution in [0.15, 0.2) is 32.3 Å². The minimum atomic E-state index is -0.334. The number of hydrogen-bond donors (Lipinski definition) is 2. The Balaban J connectivity index is 2.29. The van der Waals surface area contributed by atoms with Gasteiger partial charge in [0.05, 0.1) is 6.04 Å². The van der Waals surface area contributed by atoms with E-state index in [0.717, 1.165) is 28.2 Å². The van der Waals surface area contributed by atoms with Gasteiger partial charge >= 0.3 is 0 Å². The molecular weight excluding hydrogens is 390 g/mol. The van der Waals surface area contributed by atoms with E-state index in [9.17, 15) is 4.79 Å². The second kappa shape index (κ2) is 6.58. The maximum atomic E-state index is 12.6. The Morgan fingerprint density at radius 1 is 1.30 bits per heavy atom. The molecule has 3 N–H and O–H groups in total. The summed E-state index contributed by atoms with van der Waals surface area (Å²) in [5.74, 6) is -0.0181. The molecule has 0 saturated carbocycles. The summed E-state index contributed by atoms with van der Waals surface area (Å²) in [7, 11) is 0. The molecule has 20 heavy (non-hydrogen) atoms. The number of likely N-dealkylation sites (tertiary alicyclic amines) is 1. The fraction of sp³-hybridized carbons (Fsp3) is 0.385. The van der Waals surface area contributed by atoms with E-state index in [1.54, 1.807) is 17.0 Å². The summed E-state index contributed by atoms with van der Waals surface area (Å²) in [6, 6.07) is 5.07. The van der Waals surface area contributed by atoms with Crippen molar-refractivity contribution in [3.05, 3.63) is 32.7 Å². The highest BCUT2D eigenvalue weighted by atomic mass is 79.9. The van der Waals surface area contributed by atoms with Crippen molar-refractivity contribution in [3.63, 3.8) is 0 Å². The van der Waals surface area contributed by atoms with Gasteiger partial charge < -0.3 is 15.8 Å². The Morgan fingerprint density at radius 2 is 1.95 bits per heavy atom. The molecule has 1 aromatic rings. The molecular formula is C13H15Br2N3O2. The number of oxime groups is 1. The predicted octanol–water partition coefficient (Wildman–Crippen LogP) is 2.95. The molecule has 0 spiro atoms. The number of carbonyl (C=O) groups excluding carboxylic acids is 1. The van der Waals surface area contributed by atoms with Gasteiger partial charge in [-0.05, 0) is 37.5 Å². The SMILES string of the molecule is N/C(=N/O)C1CCCCN1C(=O)c1cc(Br)cc(Br)c1. The molecule has 1 unspecified atom stereocenters. The van der Waals surface area contributed by atoms with Crippen LogP contribution >= 0.6 is 31.9 Å². The maximum Gasteiger partial charge on any atom is 0.254 e. The van der Waals surface area contributed by atoms with Gasteiger partial charge in [0, 0.05) is 21.1 Å². The van der Waals surface area contributed by atoms with Gasteiger partial charge in [-0.3, -0.25) is 4.79 Å². The highest BCUT2D eigenvalue weighted by Gasteiger charge is 2.30. The minimum Gasteiger partial charge on any atom is -0.409 e. The van der Waals surface area contributed by atoms with Gasteiger partial charge in [0.1, 0.15) is 0 Å². The van der Waals surface area contributed by atoms with Gasteiger partial charge in [-0.15, -0.1) is 0 Å². The lowest BCUT2D eigenvalue weighted by atomic mass is 10.00. The van der Waals surface area contributed by atoms with Crippen molar-refractivity contribution >= 4 is 43.6 Å². The van der Waals surface area contributed by atoms with E-state index < -0.39 is 0 Å². The van der Waals surface area contributed by atoms with E-state index in [1.807, 2.05) is 6.07 Å². The lowest BCUT2D eigenvalue weighted by molar-refractivity contribution is 0.0676. The molecule has 108 valence electrons. The van der Waals surface area contributed by atoms with Crippen molar-refractivity contribution in [2.45, 2.75) is 25.3 Å². The molecule has 0 radical (unpaired) electrons. The number of rotatable bonds is 2. The Kier molecular flexibility index (Phi) is 5.04. The van der Waals surface area contributed by atoms with E-state index in [-0.39, 0.29) is 17.8 Å². The number of hydrogen-bond acceptors (Lipinski definition) is 3. The van der Waals surface area contributed by atoms with Gasteiger partial charge in [0.15, 0.2) is 5.84 Å². The highest BCUT2D eigenvalue weighted by molar-refractivity contribution is 9.11. The van der Waals surface area contributed by atoms with Crippen molar-refractivity contribution in [1.82, 2.24) is 4.90 Å². The third-order valence-corrected chi connectivity index (χ3v) is 4.25. The van der Waals surface area contributed by atoms with Crippen molar-refractivity contribution in [3.8, 4) is 0 Å². The monoisotopic (exact) mass is 403 g/mol. The quantitative estimate of drug-likeness (QED) is 0.344. The number of amidine groups is 1. The first-order valence-electron chi connectivity index (χ1n) is 6.27. The maximum absolute atomic E-state index is 12.6. The minimum absolute atomic E-state index is 0.0899.